The minimum atomic E-state index is -0.327. The van der Waals surface area contributed by atoms with Crippen LogP contribution in [0.3, 0.4) is 0 Å². The molecule has 35 heavy (non-hydrogen) atoms. The first kappa shape index (κ1) is 21.9. The van der Waals surface area contributed by atoms with Gasteiger partial charge < -0.3 is 14.0 Å². The normalized spacial score (nSPS) is 18.5. The minimum Gasteiger partial charge on any atom is -0.338 e. The number of amides is 1. The molecule has 1 atom stereocenters. The van der Waals surface area contributed by atoms with Crippen LogP contribution in [-0.2, 0) is 13.0 Å². The van der Waals surface area contributed by atoms with Crippen molar-refractivity contribution in [2.45, 2.75) is 57.9 Å². The van der Waals surface area contributed by atoms with E-state index in [1.165, 1.54) is 18.6 Å². The predicted molar refractivity (Wildman–Crippen MR) is 127 cm³/mol. The molecule has 1 saturated heterocycles. The van der Waals surface area contributed by atoms with Crippen LogP contribution < -0.4 is 0 Å². The lowest BCUT2D eigenvalue weighted by Crippen LogP contribution is -2.40. The van der Waals surface area contributed by atoms with Crippen LogP contribution in [0.2, 0.25) is 0 Å². The van der Waals surface area contributed by atoms with Crippen molar-refractivity contribution >= 4 is 17.0 Å². The molecule has 3 aromatic heterocycles. The molecule has 4 aromatic rings. The Bertz CT molecular complexity index is 1390. The fourth-order valence-corrected chi connectivity index (χ4v) is 5.38. The number of aryl methyl sites for hydroxylation is 2. The Morgan fingerprint density at radius 1 is 1.09 bits per heavy atom. The zero-order valence-corrected chi connectivity index (χ0v) is 19.7. The van der Waals surface area contributed by atoms with E-state index < -0.39 is 0 Å². The van der Waals surface area contributed by atoms with Crippen molar-refractivity contribution in [3.8, 4) is 11.3 Å². The molecule has 0 N–H and O–H groups in total. The van der Waals surface area contributed by atoms with Crippen LogP contribution in [0.15, 0.2) is 34.9 Å². The summed E-state index contributed by atoms with van der Waals surface area (Å²) in [5, 5.41) is 13.7. The number of benzene rings is 1. The van der Waals surface area contributed by atoms with E-state index in [2.05, 4.69) is 24.9 Å². The first-order chi connectivity index (χ1) is 17.1. The van der Waals surface area contributed by atoms with Gasteiger partial charge in [0.25, 0.3) is 11.6 Å². The molecule has 0 aliphatic carbocycles. The molecule has 9 heteroatoms. The highest BCUT2D eigenvalue weighted by atomic mass is 19.1. The number of aromatic nitrogens is 5. The van der Waals surface area contributed by atoms with Crippen LogP contribution in [0.25, 0.3) is 22.4 Å². The third-order valence-corrected chi connectivity index (χ3v) is 7.20. The van der Waals surface area contributed by atoms with Crippen molar-refractivity contribution in [3.05, 3.63) is 59.1 Å². The van der Waals surface area contributed by atoms with Gasteiger partial charge in [-0.25, -0.2) is 9.37 Å². The van der Waals surface area contributed by atoms with E-state index in [1.54, 1.807) is 18.2 Å². The molecule has 1 fully saturated rings. The third-order valence-electron chi connectivity index (χ3n) is 7.20. The van der Waals surface area contributed by atoms with Gasteiger partial charge in [0.2, 0.25) is 0 Å². The molecule has 5 heterocycles. The molecule has 0 bridgehead atoms. The van der Waals surface area contributed by atoms with Crippen LogP contribution in [0.5, 0.6) is 0 Å². The highest BCUT2D eigenvalue weighted by Crippen LogP contribution is 2.32. The number of nitrogens with zero attached hydrogens (tertiary/aromatic N) is 6. The summed E-state index contributed by atoms with van der Waals surface area (Å²) in [6.07, 6.45) is 6.36. The maximum atomic E-state index is 13.9. The number of piperidine rings is 1. The number of rotatable bonds is 3. The fraction of sp³-hybridized carbons (Fsp3) is 0.423. The molecule has 8 nitrogen and oxygen atoms in total. The lowest BCUT2D eigenvalue weighted by atomic mass is 9.95. The summed E-state index contributed by atoms with van der Waals surface area (Å²) in [5.41, 5.74) is 2.70. The average Bonchev–Trinajstić information content (AvgIpc) is 3.38. The van der Waals surface area contributed by atoms with Gasteiger partial charge in [0.15, 0.2) is 0 Å². The highest BCUT2D eigenvalue weighted by Gasteiger charge is 2.31. The fourth-order valence-electron chi connectivity index (χ4n) is 5.38. The van der Waals surface area contributed by atoms with Gasteiger partial charge >= 0.3 is 0 Å². The Balaban J connectivity index is 1.34. The molecule has 6 rings (SSSR count). The third kappa shape index (κ3) is 3.98. The zero-order chi connectivity index (χ0) is 23.9. The molecule has 1 aromatic carbocycles. The van der Waals surface area contributed by atoms with Gasteiger partial charge in [0, 0.05) is 37.5 Å². The molecule has 2 aliphatic rings. The van der Waals surface area contributed by atoms with Gasteiger partial charge in [-0.2, -0.15) is 0 Å². The molecular weight excluding hydrogens is 447 g/mol. The average molecular weight is 475 g/mol. The number of hydrogen-bond acceptors (Lipinski definition) is 6. The van der Waals surface area contributed by atoms with Crippen molar-refractivity contribution in [1.82, 2.24) is 29.8 Å². The summed E-state index contributed by atoms with van der Waals surface area (Å²) < 4.78 is 21.2. The summed E-state index contributed by atoms with van der Waals surface area (Å²) in [5.74, 6) is 1.83. The monoisotopic (exact) mass is 474 g/mol. The lowest BCUT2D eigenvalue weighted by Gasteiger charge is -2.32. The number of likely N-dealkylation sites (tertiary alicyclic amines) is 1. The topological polar surface area (TPSA) is 89.9 Å². The predicted octanol–water partition coefficient (Wildman–Crippen LogP) is 4.68. The van der Waals surface area contributed by atoms with E-state index in [0.717, 1.165) is 50.3 Å². The molecular formula is C26H27FN6O2. The van der Waals surface area contributed by atoms with Crippen LogP contribution in [0, 0.1) is 12.7 Å². The van der Waals surface area contributed by atoms with Crippen molar-refractivity contribution in [3.63, 3.8) is 0 Å². The van der Waals surface area contributed by atoms with Gasteiger partial charge in [-0.05, 0) is 62.9 Å². The molecule has 1 amide bonds. The second-order valence-corrected chi connectivity index (χ2v) is 9.54. The molecule has 1 unspecified atom stereocenters. The summed E-state index contributed by atoms with van der Waals surface area (Å²) in [6, 6.07) is 7.83. The summed E-state index contributed by atoms with van der Waals surface area (Å²) in [7, 11) is 0. The Kier molecular flexibility index (Phi) is 5.54. The summed E-state index contributed by atoms with van der Waals surface area (Å²) in [6.45, 7) is 4.04. The van der Waals surface area contributed by atoms with Gasteiger partial charge in [-0.3, -0.25) is 4.79 Å². The number of pyridine rings is 1. The number of carbonyl (C=O) groups excluding carboxylic acids is 1. The second-order valence-electron chi connectivity index (χ2n) is 9.54. The molecule has 2 aliphatic heterocycles. The highest BCUT2D eigenvalue weighted by molar-refractivity contribution is 6.07. The number of hydrogen-bond donors (Lipinski definition) is 0. The van der Waals surface area contributed by atoms with E-state index in [0.29, 0.717) is 46.7 Å². The van der Waals surface area contributed by atoms with Crippen molar-refractivity contribution in [1.29, 1.82) is 0 Å². The van der Waals surface area contributed by atoms with Crippen LogP contribution in [0.4, 0.5) is 4.39 Å². The first-order valence-corrected chi connectivity index (χ1v) is 12.3. The Hall–Kier alpha value is -3.62. The molecule has 180 valence electrons. The van der Waals surface area contributed by atoms with Gasteiger partial charge in [0.1, 0.15) is 17.5 Å². The van der Waals surface area contributed by atoms with E-state index in [4.69, 9.17) is 4.52 Å². The summed E-state index contributed by atoms with van der Waals surface area (Å²) in [4.78, 5) is 20.3. The van der Waals surface area contributed by atoms with E-state index in [1.807, 2.05) is 11.8 Å². The molecule has 0 saturated carbocycles. The van der Waals surface area contributed by atoms with Gasteiger partial charge in [-0.15, -0.1) is 10.2 Å². The maximum Gasteiger partial charge on any atom is 0.259 e. The largest absolute Gasteiger partial charge is 0.338 e. The van der Waals surface area contributed by atoms with Crippen LogP contribution in [0.1, 0.15) is 65.7 Å². The second kappa shape index (κ2) is 8.87. The quantitative estimate of drug-likeness (QED) is 0.428. The smallest absolute Gasteiger partial charge is 0.259 e. The van der Waals surface area contributed by atoms with Crippen LogP contribution in [-0.4, -0.2) is 48.8 Å². The summed E-state index contributed by atoms with van der Waals surface area (Å²) >= 11 is 0. The number of halogens is 1. The number of fused-ring (bicyclic) bond motifs is 2. The Morgan fingerprint density at radius 3 is 2.80 bits per heavy atom. The molecule has 0 radical (unpaired) electrons. The van der Waals surface area contributed by atoms with E-state index in [9.17, 15) is 9.18 Å². The van der Waals surface area contributed by atoms with E-state index >= 15 is 0 Å². The van der Waals surface area contributed by atoms with Gasteiger partial charge in [0.05, 0.1) is 22.3 Å². The lowest BCUT2D eigenvalue weighted by molar-refractivity contribution is 0.0705. The van der Waals surface area contributed by atoms with Crippen molar-refractivity contribution < 1.29 is 13.7 Å². The van der Waals surface area contributed by atoms with Crippen molar-refractivity contribution in [2.75, 3.05) is 13.1 Å². The van der Waals surface area contributed by atoms with E-state index in [-0.39, 0.29) is 17.6 Å². The Labute approximate surface area is 202 Å². The molecule has 0 spiro atoms. The van der Waals surface area contributed by atoms with Crippen LogP contribution >= 0.6 is 0 Å². The first-order valence-electron chi connectivity index (χ1n) is 12.3. The van der Waals surface area contributed by atoms with Crippen molar-refractivity contribution in [2.24, 2.45) is 0 Å². The maximum absolute atomic E-state index is 13.9. The zero-order valence-electron chi connectivity index (χ0n) is 19.7. The standard InChI is InChI=1S/C26H27FN6O2/c1-16-23-20(14-21(28-25(23)35-31-16)17-8-10-19(27)11-9-17)26(34)32-12-5-6-18(15-32)24-30-29-22-7-3-2-4-13-33(22)24/h8-11,14,18H,2-7,12-13,15H2,1H3. The number of carbonyl (C=O) groups is 1. The van der Waals surface area contributed by atoms with Gasteiger partial charge in [-0.1, -0.05) is 11.6 Å². The minimum absolute atomic E-state index is 0.0765. The Morgan fingerprint density at radius 2 is 1.94 bits per heavy atom. The SMILES string of the molecule is Cc1noc2nc(-c3ccc(F)cc3)cc(C(=O)N3CCCC(c4nnc5n4CCCCC5)C3)c12.